The minimum Gasteiger partial charge on any atom is -0.463 e. The Balaban J connectivity index is 3.33. The molecule has 0 aliphatic carbocycles. The third-order valence-electron chi connectivity index (χ3n) is 3.59. The van der Waals surface area contributed by atoms with E-state index in [0.717, 1.165) is 27.7 Å². The zero-order valence-corrected chi connectivity index (χ0v) is 16.7. The molecule has 14 heteroatoms. The number of hydrogen-bond acceptors (Lipinski definition) is 11. The van der Waals surface area contributed by atoms with Crippen LogP contribution in [0.15, 0.2) is 5.11 Å². The summed E-state index contributed by atoms with van der Waals surface area (Å²) in [6, 6.07) is -1.34. The van der Waals surface area contributed by atoms with Crippen LogP contribution in [0.3, 0.4) is 0 Å². The molecule has 0 unspecified atom stereocenters. The third kappa shape index (κ3) is 7.93. The summed E-state index contributed by atoms with van der Waals surface area (Å²) in [5, 5.41) is 5.48. The van der Waals surface area contributed by atoms with Crippen LogP contribution in [0.2, 0.25) is 0 Å². The predicted octanol–water partition coefficient (Wildman–Crippen LogP) is -0.504. The molecule has 1 saturated heterocycles. The summed E-state index contributed by atoms with van der Waals surface area (Å²) in [5.41, 5.74) is 8.36. The molecular weight excluding hydrogens is 408 g/mol. The van der Waals surface area contributed by atoms with E-state index in [4.69, 9.17) is 29.2 Å². The molecular formula is C16H22N4O10. The van der Waals surface area contributed by atoms with Gasteiger partial charge in [-0.3, -0.25) is 24.0 Å². The van der Waals surface area contributed by atoms with Crippen molar-refractivity contribution in [1.82, 2.24) is 5.32 Å². The molecule has 1 N–H and O–H groups in total. The predicted molar refractivity (Wildman–Crippen MR) is 94.1 cm³/mol. The van der Waals surface area contributed by atoms with Crippen LogP contribution in [0.5, 0.6) is 0 Å². The minimum absolute atomic E-state index is 0.428. The number of rotatable bonds is 8. The first kappa shape index (κ1) is 24.7. The second-order valence-corrected chi connectivity index (χ2v) is 6.09. The minimum atomic E-state index is -1.51. The molecule has 1 amide bonds. The van der Waals surface area contributed by atoms with E-state index >= 15 is 0 Å². The van der Waals surface area contributed by atoms with E-state index in [1.54, 1.807) is 0 Å². The van der Waals surface area contributed by atoms with E-state index in [-0.39, 0.29) is 0 Å². The van der Waals surface area contributed by atoms with Gasteiger partial charge < -0.3 is 29.0 Å². The van der Waals surface area contributed by atoms with Crippen molar-refractivity contribution in [2.75, 3.05) is 13.2 Å². The maximum atomic E-state index is 12.1. The highest BCUT2D eigenvalue weighted by Gasteiger charge is 2.52. The molecule has 1 aliphatic rings. The Labute approximate surface area is 170 Å². The molecule has 0 spiro atoms. The highest BCUT2D eigenvalue weighted by molar-refractivity contribution is 5.79. The van der Waals surface area contributed by atoms with Crippen LogP contribution < -0.4 is 5.32 Å². The van der Waals surface area contributed by atoms with Gasteiger partial charge in [0.2, 0.25) is 12.2 Å². The average molecular weight is 430 g/mol. The van der Waals surface area contributed by atoms with Crippen molar-refractivity contribution in [3.05, 3.63) is 10.4 Å². The molecule has 0 saturated carbocycles. The Bertz CT molecular complexity index is 736. The van der Waals surface area contributed by atoms with Gasteiger partial charge in [-0.1, -0.05) is 5.11 Å². The summed E-state index contributed by atoms with van der Waals surface area (Å²) in [7, 11) is 0. The van der Waals surface area contributed by atoms with Crippen LogP contribution >= 0.6 is 0 Å². The first-order valence-electron chi connectivity index (χ1n) is 8.65. The number of nitrogens with zero attached hydrogens (tertiary/aromatic N) is 3. The molecule has 0 bridgehead atoms. The Morgan fingerprint density at radius 3 is 2.00 bits per heavy atom. The van der Waals surface area contributed by atoms with Gasteiger partial charge in [0.05, 0.1) is 0 Å². The fourth-order valence-electron chi connectivity index (χ4n) is 2.65. The summed E-state index contributed by atoms with van der Waals surface area (Å²) in [5.74, 6) is -3.86. The molecule has 0 aromatic carbocycles. The van der Waals surface area contributed by atoms with Gasteiger partial charge in [0.15, 0.2) is 12.2 Å². The van der Waals surface area contributed by atoms with Gasteiger partial charge in [0.1, 0.15) is 25.3 Å². The highest BCUT2D eigenvalue weighted by Crippen LogP contribution is 2.28. The number of ether oxygens (including phenoxy) is 5. The van der Waals surface area contributed by atoms with Crippen molar-refractivity contribution in [3.63, 3.8) is 0 Å². The van der Waals surface area contributed by atoms with E-state index in [1.165, 1.54) is 0 Å². The average Bonchev–Trinajstić information content (AvgIpc) is 2.62. The van der Waals surface area contributed by atoms with E-state index in [0.29, 0.717) is 0 Å². The molecule has 30 heavy (non-hydrogen) atoms. The maximum Gasteiger partial charge on any atom is 0.305 e. The molecule has 0 aromatic rings. The zero-order valence-electron chi connectivity index (χ0n) is 16.7. The summed E-state index contributed by atoms with van der Waals surface area (Å²) in [6.45, 7) is 3.32. The van der Waals surface area contributed by atoms with Crippen molar-refractivity contribution in [2.24, 2.45) is 5.11 Å². The topological polar surface area (TPSA) is 192 Å². The summed E-state index contributed by atoms with van der Waals surface area (Å²) in [6.07, 6.45) is -5.42. The standard InChI is InChI=1S/C16H22N4O10/c1-7(21)26-6-11-14(27-8(2)22)15(28-9(3)23)13(16(30-11)29-10(4)24)19-12(25)5-18-20-17/h11,13-16H,5-6H2,1-4H3,(H,19,25)/t11-,13-,14+,15-,16-/m1/s1. The molecule has 0 aromatic heterocycles. The van der Waals surface area contributed by atoms with Crippen molar-refractivity contribution in [3.8, 4) is 0 Å². The zero-order chi connectivity index (χ0) is 22.8. The lowest BCUT2D eigenvalue weighted by Crippen LogP contribution is -2.67. The maximum absolute atomic E-state index is 12.1. The molecule has 1 aliphatic heterocycles. The highest BCUT2D eigenvalue weighted by atomic mass is 16.7. The van der Waals surface area contributed by atoms with Crippen LogP contribution in [-0.2, 0) is 47.7 Å². The van der Waals surface area contributed by atoms with Crippen molar-refractivity contribution >= 4 is 29.8 Å². The van der Waals surface area contributed by atoms with Crippen molar-refractivity contribution in [2.45, 2.75) is 58.3 Å². The number of nitrogens with one attached hydrogen (secondary N) is 1. The van der Waals surface area contributed by atoms with E-state index in [1.807, 2.05) is 0 Å². The SMILES string of the molecule is CC(=O)OC[C@H]1O[C@@H](OC(C)=O)[C@H](NC(=O)CN=[N+]=[N-])[C@@H](OC(C)=O)[C@H]1OC(C)=O. The van der Waals surface area contributed by atoms with E-state index in [9.17, 15) is 24.0 Å². The normalized spacial score (nSPS) is 25.1. The van der Waals surface area contributed by atoms with Gasteiger partial charge in [-0.15, -0.1) is 0 Å². The first-order valence-corrected chi connectivity index (χ1v) is 8.65. The molecule has 166 valence electrons. The van der Waals surface area contributed by atoms with Crippen molar-refractivity contribution < 1.29 is 47.7 Å². The lowest BCUT2D eigenvalue weighted by molar-refractivity contribution is -0.271. The Morgan fingerprint density at radius 2 is 1.50 bits per heavy atom. The smallest absolute Gasteiger partial charge is 0.305 e. The monoisotopic (exact) mass is 430 g/mol. The lowest BCUT2D eigenvalue weighted by atomic mass is 9.96. The van der Waals surface area contributed by atoms with Crippen LogP contribution in [0.1, 0.15) is 27.7 Å². The molecule has 1 heterocycles. The van der Waals surface area contributed by atoms with Gasteiger partial charge in [-0.05, 0) is 5.53 Å². The largest absolute Gasteiger partial charge is 0.463 e. The van der Waals surface area contributed by atoms with Crippen LogP contribution in [0.25, 0.3) is 10.4 Å². The quantitative estimate of drug-likeness (QED) is 0.172. The molecule has 5 atom stereocenters. The fraction of sp³-hybridized carbons (Fsp3) is 0.688. The molecule has 0 radical (unpaired) electrons. The van der Waals surface area contributed by atoms with E-state index < -0.39 is 73.6 Å². The number of esters is 4. The van der Waals surface area contributed by atoms with Gasteiger partial charge in [-0.2, -0.15) is 0 Å². The molecule has 1 fully saturated rings. The van der Waals surface area contributed by atoms with Crippen molar-refractivity contribution in [1.29, 1.82) is 0 Å². The summed E-state index contributed by atoms with van der Waals surface area (Å²) >= 11 is 0. The number of hydrogen-bond donors (Lipinski definition) is 1. The van der Waals surface area contributed by atoms with Gasteiger partial charge in [0, 0.05) is 32.6 Å². The number of azide groups is 1. The Morgan fingerprint density at radius 1 is 0.933 bits per heavy atom. The third-order valence-corrected chi connectivity index (χ3v) is 3.59. The fourth-order valence-corrected chi connectivity index (χ4v) is 2.65. The molecule has 14 nitrogen and oxygen atoms in total. The van der Waals surface area contributed by atoms with Gasteiger partial charge in [0.25, 0.3) is 0 Å². The van der Waals surface area contributed by atoms with Crippen LogP contribution in [0.4, 0.5) is 0 Å². The number of carbonyl (C=O) groups excluding carboxylic acids is 5. The van der Waals surface area contributed by atoms with E-state index in [2.05, 4.69) is 15.3 Å². The van der Waals surface area contributed by atoms with Crippen LogP contribution in [0, 0.1) is 0 Å². The Hall–Kier alpha value is -3.38. The molecule has 1 rings (SSSR count). The second kappa shape index (κ2) is 11.6. The van der Waals surface area contributed by atoms with Gasteiger partial charge >= 0.3 is 23.9 Å². The number of amides is 1. The second-order valence-electron chi connectivity index (χ2n) is 6.09. The first-order chi connectivity index (χ1) is 14.0. The lowest BCUT2D eigenvalue weighted by Gasteiger charge is -2.44. The number of carbonyl (C=O) groups is 5. The summed E-state index contributed by atoms with van der Waals surface area (Å²) in [4.78, 5) is 60.5. The summed E-state index contributed by atoms with van der Waals surface area (Å²) < 4.78 is 25.9. The Kier molecular flexibility index (Phi) is 9.52. The van der Waals surface area contributed by atoms with Gasteiger partial charge in [-0.25, -0.2) is 0 Å². The van der Waals surface area contributed by atoms with Crippen LogP contribution in [-0.4, -0.2) is 73.6 Å².